The van der Waals surface area contributed by atoms with Crippen LogP contribution in [0.5, 0.6) is 0 Å². The van der Waals surface area contributed by atoms with E-state index in [1.165, 1.54) is 0 Å². The number of primary amides is 1. The molecule has 0 spiro atoms. The van der Waals surface area contributed by atoms with Gasteiger partial charge in [-0.05, 0) is 43.2 Å². The van der Waals surface area contributed by atoms with Crippen molar-refractivity contribution in [3.05, 3.63) is 64.7 Å². The Bertz CT molecular complexity index is 1150. The molecule has 4 N–H and O–H groups in total. The molecule has 8 heteroatoms. The third kappa shape index (κ3) is 4.26. The maximum absolute atomic E-state index is 12.9. The first kappa shape index (κ1) is 18.7. The molecule has 0 atom stereocenters. The van der Waals surface area contributed by atoms with Gasteiger partial charge in [0.2, 0.25) is 5.91 Å². The van der Waals surface area contributed by atoms with Gasteiger partial charge in [0.1, 0.15) is 5.82 Å². The average Bonchev–Trinajstić information content (AvgIpc) is 3.51. The second kappa shape index (κ2) is 7.75. The van der Waals surface area contributed by atoms with Crippen LogP contribution in [0.15, 0.2) is 53.3 Å². The van der Waals surface area contributed by atoms with Crippen LogP contribution in [-0.2, 0) is 11.2 Å². The highest BCUT2D eigenvalue weighted by Gasteiger charge is 2.28. The summed E-state index contributed by atoms with van der Waals surface area (Å²) >= 11 is 0. The van der Waals surface area contributed by atoms with Crippen molar-refractivity contribution < 1.29 is 9.59 Å². The molecular formula is C21H21N5O3. The second-order valence-corrected chi connectivity index (χ2v) is 7.07. The second-order valence-electron chi connectivity index (χ2n) is 7.07. The monoisotopic (exact) mass is 391 g/mol. The Kier molecular flexibility index (Phi) is 4.99. The van der Waals surface area contributed by atoms with Crippen LogP contribution < -0.4 is 21.9 Å². The molecule has 1 aliphatic carbocycles. The Morgan fingerprint density at radius 2 is 1.79 bits per heavy atom. The van der Waals surface area contributed by atoms with Crippen molar-refractivity contribution in [1.82, 2.24) is 9.55 Å². The van der Waals surface area contributed by atoms with Crippen LogP contribution in [-0.4, -0.2) is 21.5 Å². The van der Waals surface area contributed by atoms with Gasteiger partial charge in [-0.25, -0.2) is 9.78 Å². The molecule has 0 aliphatic heterocycles. The van der Waals surface area contributed by atoms with Gasteiger partial charge >= 0.3 is 6.03 Å². The Hall–Kier alpha value is -3.68. The van der Waals surface area contributed by atoms with E-state index in [-0.39, 0.29) is 23.9 Å². The largest absolute Gasteiger partial charge is 0.351 e. The van der Waals surface area contributed by atoms with E-state index in [0.29, 0.717) is 34.5 Å². The van der Waals surface area contributed by atoms with E-state index in [9.17, 15) is 14.4 Å². The lowest BCUT2D eigenvalue weighted by Gasteiger charge is -2.13. The summed E-state index contributed by atoms with van der Waals surface area (Å²) in [5.74, 6) is 0.432. The molecule has 0 unspecified atom stereocenters. The third-order valence-corrected chi connectivity index (χ3v) is 4.78. The van der Waals surface area contributed by atoms with E-state index in [1.807, 2.05) is 18.2 Å². The van der Waals surface area contributed by atoms with Crippen molar-refractivity contribution in [3.8, 4) is 0 Å². The number of aryl methyl sites for hydroxylation is 1. The number of carbonyl (C=O) groups is 2. The van der Waals surface area contributed by atoms with Crippen LogP contribution >= 0.6 is 0 Å². The molecule has 0 bridgehead atoms. The number of nitrogens with one attached hydrogen (secondary N) is 2. The molecule has 1 aliphatic rings. The van der Waals surface area contributed by atoms with Crippen molar-refractivity contribution in [2.45, 2.75) is 31.7 Å². The summed E-state index contributed by atoms with van der Waals surface area (Å²) in [4.78, 5) is 40.9. The van der Waals surface area contributed by atoms with Crippen LogP contribution in [0.2, 0.25) is 0 Å². The molecule has 3 aromatic rings. The molecule has 4 rings (SSSR count). The lowest BCUT2D eigenvalue weighted by molar-refractivity contribution is -0.116. The zero-order valence-electron chi connectivity index (χ0n) is 15.7. The summed E-state index contributed by atoms with van der Waals surface area (Å²) in [5.41, 5.74) is 6.76. The fourth-order valence-electron chi connectivity index (χ4n) is 3.34. The lowest BCUT2D eigenvalue weighted by atomic mass is 10.2. The Morgan fingerprint density at radius 1 is 1.07 bits per heavy atom. The van der Waals surface area contributed by atoms with Crippen LogP contribution in [0.3, 0.4) is 0 Å². The van der Waals surface area contributed by atoms with Crippen LogP contribution in [0.4, 0.5) is 16.2 Å². The Balaban J connectivity index is 1.50. The predicted octanol–water partition coefficient (Wildman–Crippen LogP) is 2.79. The van der Waals surface area contributed by atoms with Crippen molar-refractivity contribution >= 4 is 34.2 Å². The van der Waals surface area contributed by atoms with Crippen molar-refractivity contribution in [2.24, 2.45) is 5.73 Å². The normalized spacial score (nSPS) is 13.2. The van der Waals surface area contributed by atoms with Gasteiger partial charge in [-0.2, -0.15) is 0 Å². The molecule has 148 valence electrons. The summed E-state index contributed by atoms with van der Waals surface area (Å²) in [6.45, 7) is 0. The van der Waals surface area contributed by atoms with Gasteiger partial charge in [-0.1, -0.05) is 18.2 Å². The average molecular weight is 391 g/mol. The first-order valence-electron chi connectivity index (χ1n) is 9.48. The summed E-state index contributed by atoms with van der Waals surface area (Å²) in [6, 6.07) is 13.5. The number of amides is 3. The summed E-state index contributed by atoms with van der Waals surface area (Å²) in [5, 5.41) is 5.86. The first-order chi connectivity index (χ1) is 14.0. The quantitative estimate of drug-likeness (QED) is 0.598. The highest BCUT2D eigenvalue weighted by atomic mass is 16.2. The van der Waals surface area contributed by atoms with E-state index < -0.39 is 6.03 Å². The molecule has 2 aromatic carbocycles. The standard InChI is InChI=1S/C21H21N5O3/c22-21(29)24-14-5-3-4-13(12-14)23-19(27)11-10-18-25-17-7-2-1-6-16(17)20(28)26(18)15-8-9-15/h1-7,12,15H,8-11H2,(H,23,27)(H3,22,24,29). The minimum absolute atomic E-state index is 0.0428. The number of hydrogen-bond acceptors (Lipinski definition) is 4. The zero-order chi connectivity index (χ0) is 20.4. The lowest BCUT2D eigenvalue weighted by Crippen LogP contribution is -2.25. The molecule has 29 heavy (non-hydrogen) atoms. The number of rotatable bonds is 6. The molecule has 3 amide bonds. The number of aromatic nitrogens is 2. The maximum atomic E-state index is 12.9. The number of fused-ring (bicyclic) bond motifs is 1. The van der Waals surface area contributed by atoms with Crippen LogP contribution in [0.1, 0.15) is 31.1 Å². The SMILES string of the molecule is NC(=O)Nc1cccc(NC(=O)CCc2nc3ccccc3c(=O)n2C2CC2)c1. The fourth-order valence-corrected chi connectivity index (χ4v) is 3.34. The van der Waals surface area contributed by atoms with Gasteiger partial charge in [0.05, 0.1) is 10.9 Å². The van der Waals surface area contributed by atoms with E-state index >= 15 is 0 Å². The van der Waals surface area contributed by atoms with Gasteiger partial charge < -0.3 is 16.4 Å². The van der Waals surface area contributed by atoms with E-state index in [2.05, 4.69) is 15.6 Å². The van der Waals surface area contributed by atoms with Gasteiger partial charge in [-0.15, -0.1) is 0 Å². The molecule has 0 saturated heterocycles. The number of anilines is 2. The number of nitrogens with zero attached hydrogens (tertiary/aromatic N) is 2. The molecular weight excluding hydrogens is 370 g/mol. The molecule has 1 fully saturated rings. The van der Waals surface area contributed by atoms with Crippen molar-refractivity contribution in [3.63, 3.8) is 0 Å². The number of urea groups is 1. The zero-order valence-corrected chi connectivity index (χ0v) is 15.7. The van der Waals surface area contributed by atoms with E-state index in [1.54, 1.807) is 34.9 Å². The van der Waals surface area contributed by atoms with Crippen LogP contribution in [0, 0.1) is 0 Å². The number of hydrogen-bond donors (Lipinski definition) is 3. The maximum Gasteiger partial charge on any atom is 0.316 e. The first-order valence-corrected chi connectivity index (χ1v) is 9.48. The Morgan fingerprint density at radius 3 is 2.52 bits per heavy atom. The van der Waals surface area contributed by atoms with Gasteiger partial charge in [0, 0.05) is 30.3 Å². The summed E-state index contributed by atoms with van der Waals surface area (Å²) in [7, 11) is 0. The topological polar surface area (TPSA) is 119 Å². The summed E-state index contributed by atoms with van der Waals surface area (Å²) < 4.78 is 1.74. The number of para-hydroxylation sites is 1. The minimum atomic E-state index is -0.672. The van der Waals surface area contributed by atoms with Crippen molar-refractivity contribution in [1.29, 1.82) is 0 Å². The van der Waals surface area contributed by atoms with Gasteiger partial charge in [0.25, 0.3) is 5.56 Å². The van der Waals surface area contributed by atoms with Gasteiger partial charge in [0.15, 0.2) is 0 Å². The van der Waals surface area contributed by atoms with Crippen LogP contribution in [0.25, 0.3) is 10.9 Å². The number of benzene rings is 2. The Labute approximate surface area is 166 Å². The third-order valence-electron chi connectivity index (χ3n) is 4.78. The summed E-state index contributed by atoms with van der Waals surface area (Å²) in [6.07, 6.45) is 2.46. The van der Waals surface area contributed by atoms with Crippen molar-refractivity contribution in [2.75, 3.05) is 10.6 Å². The molecule has 1 saturated carbocycles. The van der Waals surface area contributed by atoms with E-state index in [4.69, 9.17) is 5.73 Å². The molecule has 1 heterocycles. The highest BCUT2D eigenvalue weighted by Crippen LogP contribution is 2.34. The fraction of sp³-hybridized carbons (Fsp3) is 0.238. The molecule has 1 aromatic heterocycles. The smallest absolute Gasteiger partial charge is 0.316 e. The van der Waals surface area contributed by atoms with E-state index in [0.717, 1.165) is 12.8 Å². The number of carbonyl (C=O) groups excluding carboxylic acids is 2. The molecule has 8 nitrogen and oxygen atoms in total. The minimum Gasteiger partial charge on any atom is -0.351 e. The van der Waals surface area contributed by atoms with Gasteiger partial charge in [-0.3, -0.25) is 14.2 Å². The number of nitrogens with two attached hydrogens (primary N) is 1. The predicted molar refractivity (Wildman–Crippen MR) is 111 cm³/mol. The highest BCUT2D eigenvalue weighted by molar-refractivity contribution is 5.93. The molecule has 0 radical (unpaired) electrons.